The number of ether oxygens (including phenoxy) is 1. The number of fused-ring (bicyclic) bond motifs is 1. The first-order valence-electron chi connectivity index (χ1n) is 6.65. The summed E-state index contributed by atoms with van der Waals surface area (Å²) in [6.07, 6.45) is 2.24. The zero-order valence-electron chi connectivity index (χ0n) is 11.6. The first-order valence-corrected chi connectivity index (χ1v) is 6.65. The molecule has 1 aromatic carbocycles. The van der Waals surface area contributed by atoms with Gasteiger partial charge >= 0.3 is 0 Å². The molecule has 3 rings (SSSR count). The Balaban J connectivity index is 1.80. The van der Waals surface area contributed by atoms with Crippen LogP contribution in [0.2, 0.25) is 0 Å². The summed E-state index contributed by atoms with van der Waals surface area (Å²) in [6.45, 7) is 0.325. The standard InChI is InChI=1S/C16H14N2O3/c1-21-12-5-6-13-14(10-12)16(20)18(15(13)19)9-7-11-4-2-3-8-17-11/h2-6,8,10H,7,9H2,1H3. The number of imide groups is 1. The van der Waals surface area contributed by atoms with Gasteiger partial charge in [-0.15, -0.1) is 0 Å². The van der Waals surface area contributed by atoms with E-state index in [9.17, 15) is 9.59 Å². The van der Waals surface area contributed by atoms with Crippen molar-refractivity contribution in [2.45, 2.75) is 6.42 Å². The average molecular weight is 282 g/mol. The molecule has 5 heteroatoms. The van der Waals surface area contributed by atoms with Crippen molar-refractivity contribution in [2.24, 2.45) is 0 Å². The van der Waals surface area contributed by atoms with Gasteiger partial charge in [0, 0.05) is 24.9 Å². The van der Waals surface area contributed by atoms with Crippen molar-refractivity contribution in [3.8, 4) is 5.75 Å². The van der Waals surface area contributed by atoms with Gasteiger partial charge in [0.25, 0.3) is 11.8 Å². The summed E-state index contributed by atoms with van der Waals surface area (Å²) in [4.78, 5) is 30.1. The molecule has 1 aromatic heterocycles. The van der Waals surface area contributed by atoms with Crippen LogP contribution in [0.15, 0.2) is 42.6 Å². The summed E-state index contributed by atoms with van der Waals surface area (Å²) in [5.41, 5.74) is 1.69. The number of rotatable bonds is 4. The molecule has 1 aliphatic rings. The fourth-order valence-corrected chi connectivity index (χ4v) is 2.37. The topological polar surface area (TPSA) is 59.5 Å². The summed E-state index contributed by atoms with van der Waals surface area (Å²) in [5.74, 6) is 0.0416. The van der Waals surface area contributed by atoms with E-state index < -0.39 is 0 Å². The van der Waals surface area contributed by atoms with Crippen molar-refractivity contribution in [3.63, 3.8) is 0 Å². The molecule has 2 heterocycles. The first-order chi connectivity index (χ1) is 10.2. The third-order valence-electron chi connectivity index (χ3n) is 3.50. The molecule has 0 radical (unpaired) electrons. The average Bonchev–Trinajstić information content (AvgIpc) is 2.77. The van der Waals surface area contributed by atoms with Crippen LogP contribution in [0.4, 0.5) is 0 Å². The van der Waals surface area contributed by atoms with Crippen molar-refractivity contribution in [3.05, 3.63) is 59.4 Å². The van der Waals surface area contributed by atoms with Crippen LogP contribution in [0.3, 0.4) is 0 Å². The number of aromatic nitrogens is 1. The molecule has 0 saturated carbocycles. The number of hydrogen-bond donors (Lipinski definition) is 0. The molecule has 0 saturated heterocycles. The Labute approximate surface area is 122 Å². The molecule has 0 N–H and O–H groups in total. The Hall–Kier alpha value is -2.69. The maximum atomic E-state index is 12.3. The normalized spacial score (nSPS) is 13.5. The van der Waals surface area contributed by atoms with Gasteiger partial charge in [-0.05, 0) is 30.3 Å². The predicted molar refractivity (Wildman–Crippen MR) is 76.3 cm³/mol. The van der Waals surface area contributed by atoms with E-state index in [2.05, 4.69) is 4.98 Å². The lowest BCUT2D eigenvalue weighted by molar-refractivity contribution is 0.0656. The Kier molecular flexibility index (Phi) is 3.39. The largest absolute Gasteiger partial charge is 0.497 e. The van der Waals surface area contributed by atoms with E-state index in [4.69, 9.17) is 4.74 Å². The highest BCUT2D eigenvalue weighted by molar-refractivity contribution is 6.21. The molecular weight excluding hydrogens is 268 g/mol. The molecule has 0 fully saturated rings. The number of hydrogen-bond acceptors (Lipinski definition) is 4. The molecule has 106 valence electrons. The van der Waals surface area contributed by atoms with E-state index >= 15 is 0 Å². The van der Waals surface area contributed by atoms with Crippen LogP contribution in [0.5, 0.6) is 5.75 Å². The van der Waals surface area contributed by atoms with Crippen LogP contribution < -0.4 is 4.74 Å². The van der Waals surface area contributed by atoms with Crippen molar-refractivity contribution in [1.82, 2.24) is 9.88 Å². The number of pyridine rings is 1. The van der Waals surface area contributed by atoms with Crippen LogP contribution >= 0.6 is 0 Å². The number of carbonyl (C=O) groups is 2. The van der Waals surface area contributed by atoms with E-state index in [1.54, 1.807) is 24.4 Å². The lowest BCUT2D eigenvalue weighted by atomic mass is 10.1. The van der Waals surface area contributed by atoms with Crippen LogP contribution in [-0.4, -0.2) is 35.4 Å². The first kappa shape index (κ1) is 13.3. The second-order valence-electron chi connectivity index (χ2n) is 4.74. The Morgan fingerprint density at radius 2 is 1.90 bits per heavy atom. The monoisotopic (exact) mass is 282 g/mol. The molecule has 0 aliphatic carbocycles. The lowest BCUT2D eigenvalue weighted by Gasteiger charge is -2.13. The van der Waals surface area contributed by atoms with Gasteiger partial charge < -0.3 is 4.74 Å². The van der Waals surface area contributed by atoms with Gasteiger partial charge in [-0.3, -0.25) is 19.5 Å². The quantitative estimate of drug-likeness (QED) is 0.804. The molecule has 0 atom stereocenters. The Morgan fingerprint density at radius 1 is 1.10 bits per heavy atom. The SMILES string of the molecule is COc1ccc2c(c1)C(=O)N(CCc1ccccn1)C2=O. The summed E-state index contributed by atoms with van der Waals surface area (Å²) >= 11 is 0. The maximum Gasteiger partial charge on any atom is 0.261 e. The second kappa shape index (κ2) is 5.36. The van der Waals surface area contributed by atoms with Gasteiger partial charge in [-0.1, -0.05) is 6.07 Å². The summed E-state index contributed by atoms with van der Waals surface area (Å²) in [7, 11) is 1.53. The third kappa shape index (κ3) is 2.38. The fourth-order valence-electron chi connectivity index (χ4n) is 2.37. The smallest absolute Gasteiger partial charge is 0.261 e. The van der Waals surface area contributed by atoms with Gasteiger partial charge in [-0.2, -0.15) is 0 Å². The maximum absolute atomic E-state index is 12.3. The van der Waals surface area contributed by atoms with E-state index in [0.717, 1.165) is 5.69 Å². The number of nitrogens with zero attached hydrogens (tertiary/aromatic N) is 2. The number of benzene rings is 1. The van der Waals surface area contributed by atoms with Gasteiger partial charge in [0.05, 0.1) is 18.2 Å². The van der Waals surface area contributed by atoms with E-state index in [-0.39, 0.29) is 11.8 Å². The highest BCUT2D eigenvalue weighted by atomic mass is 16.5. The summed E-state index contributed by atoms with van der Waals surface area (Å²) in [6, 6.07) is 10.5. The molecule has 0 unspecified atom stereocenters. The minimum atomic E-state index is -0.273. The number of methoxy groups -OCH3 is 1. The fraction of sp³-hybridized carbons (Fsp3) is 0.188. The van der Waals surface area contributed by atoms with Crippen molar-refractivity contribution < 1.29 is 14.3 Å². The molecule has 5 nitrogen and oxygen atoms in total. The molecule has 1 aliphatic heterocycles. The van der Waals surface area contributed by atoms with E-state index in [0.29, 0.717) is 29.8 Å². The van der Waals surface area contributed by atoms with Crippen molar-refractivity contribution >= 4 is 11.8 Å². The summed E-state index contributed by atoms with van der Waals surface area (Å²) in [5, 5.41) is 0. The van der Waals surface area contributed by atoms with Gasteiger partial charge in [0.2, 0.25) is 0 Å². The molecule has 2 aromatic rings. The number of carbonyl (C=O) groups excluding carboxylic acids is 2. The van der Waals surface area contributed by atoms with E-state index in [1.165, 1.54) is 12.0 Å². The molecule has 0 bridgehead atoms. The minimum Gasteiger partial charge on any atom is -0.497 e. The van der Waals surface area contributed by atoms with Crippen molar-refractivity contribution in [2.75, 3.05) is 13.7 Å². The Bertz CT molecular complexity index is 698. The molecule has 2 amide bonds. The molecular formula is C16H14N2O3. The van der Waals surface area contributed by atoms with Crippen LogP contribution in [0, 0.1) is 0 Å². The van der Waals surface area contributed by atoms with Crippen LogP contribution in [-0.2, 0) is 6.42 Å². The third-order valence-corrected chi connectivity index (χ3v) is 3.50. The van der Waals surface area contributed by atoms with Crippen LogP contribution in [0.1, 0.15) is 26.4 Å². The van der Waals surface area contributed by atoms with E-state index in [1.807, 2.05) is 18.2 Å². The van der Waals surface area contributed by atoms with Crippen molar-refractivity contribution in [1.29, 1.82) is 0 Å². The molecule has 21 heavy (non-hydrogen) atoms. The Morgan fingerprint density at radius 3 is 2.62 bits per heavy atom. The number of amides is 2. The highest BCUT2D eigenvalue weighted by Crippen LogP contribution is 2.26. The zero-order valence-corrected chi connectivity index (χ0v) is 11.6. The lowest BCUT2D eigenvalue weighted by Crippen LogP contribution is -2.31. The van der Waals surface area contributed by atoms with Crippen LogP contribution in [0.25, 0.3) is 0 Å². The summed E-state index contributed by atoms with van der Waals surface area (Å²) < 4.78 is 5.10. The van der Waals surface area contributed by atoms with Gasteiger partial charge in [0.1, 0.15) is 5.75 Å². The highest BCUT2D eigenvalue weighted by Gasteiger charge is 2.35. The predicted octanol–water partition coefficient (Wildman–Crippen LogP) is 1.93. The minimum absolute atomic E-state index is 0.256. The zero-order chi connectivity index (χ0) is 14.8. The van der Waals surface area contributed by atoms with Gasteiger partial charge in [0.15, 0.2) is 0 Å². The van der Waals surface area contributed by atoms with Gasteiger partial charge in [-0.25, -0.2) is 0 Å². The molecule has 0 spiro atoms. The second-order valence-corrected chi connectivity index (χ2v) is 4.74.